The van der Waals surface area contributed by atoms with Crippen molar-refractivity contribution in [2.75, 3.05) is 20.8 Å². The Labute approximate surface area is 165 Å². The first-order valence-electron chi connectivity index (χ1n) is 8.64. The molecule has 12 heteroatoms. The van der Waals surface area contributed by atoms with Crippen LogP contribution in [0, 0.1) is 0 Å². The normalized spacial score (nSPS) is 23.8. The highest BCUT2D eigenvalue weighted by Crippen LogP contribution is 2.33. The maximum absolute atomic E-state index is 12.4. The molecule has 156 valence electrons. The number of esters is 1. The lowest BCUT2D eigenvalue weighted by Gasteiger charge is -2.21. The average molecular weight is 407 g/mol. The van der Waals surface area contributed by atoms with E-state index >= 15 is 0 Å². The fourth-order valence-corrected chi connectivity index (χ4v) is 3.08. The van der Waals surface area contributed by atoms with E-state index in [2.05, 4.69) is 15.1 Å². The second kappa shape index (κ2) is 9.05. The SMILES string of the molecule is COC1C(OC)[C@@H](COC(=O)c2ncccc2CO)O[C@H]1n1cnc(C(N)=O)n1. The van der Waals surface area contributed by atoms with Crippen LogP contribution < -0.4 is 5.73 Å². The Morgan fingerprint density at radius 1 is 1.28 bits per heavy atom. The molecule has 0 saturated carbocycles. The first kappa shape index (κ1) is 20.8. The molecule has 1 aliphatic heterocycles. The average Bonchev–Trinajstić information content (AvgIpc) is 3.36. The van der Waals surface area contributed by atoms with Gasteiger partial charge in [0.05, 0.1) is 6.61 Å². The number of ether oxygens (including phenoxy) is 4. The number of aliphatic hydroxyl groups excluding tert-OH is 1. The van der Waals surface area contributed by atoms with Crippen molar-refractivity contribution in [1.29, 1.82) is 0 Å². The van der Waals surface area contributed by atoms with E-state index in [1.54, 1.807) is 12.1 Å². The Morgan fingerprint density at radius 2 is 2.03 bits per heavy atom. The van der Waals surface area contributed by atoms with Crippen molar-refractivity contribution in [1.82, 2.24) is 19.7 Å². The number of hydrogen-bond acceptors (Lipinski definition) is 10. The van der Waals surface area contributed by atoms with Gasteiger partial charge in [-0.3, -0.25) is 4.79 Å². The Kier molecular flexibility index (Phi) is 6.49. The van der Waals surface area contributed by atoms with Crippen LogP contribution in [-0.2, 0) is 25.6 Å². The van der Waals surface area contributed by atoms with Crippen molar-refractivity contribution in [2.45, 2.75) is 31.1 Å². The maximum Gasteiger partial charge on any atom is 0.357 e. The van der Waals surface area contributed by atoms with E-state index in [-0.39, 0.29) is 24.7 Å². The van der Waals surface area contributed by atoms with E-state index in [9.17, 15) is 14.7 Å². The van der Waals surface area contributed by atoms with Crippen molar-refractivity contribution in [3.05, 3.63) is 41.7 Å². The molecule has 2 aromatic rings. The standard InChI is InChI=1S/C17H21N5O7/c1-26-12-10(7-28-17(25)11-9(6-23)4-3-5-19-11)29-16(13(12)27-2)22-8-20-15(21-22)14(18)24/h3-5,8,10,12-13,16,23H,6-7H2,1-2H3,(H2,18,24)/t10-,12?,13?,16-/m1/s1. The minimum Gasteiger partial charge on any atom is -0.458 e. The van der Waals surface area contributed by atoms with E-state index in [0.29, 0.717) is 5.56 Å². The molecule has 0 bridgehead atoms. The highest BCUT2D eigenvalue weighted by atomic mass is 16.6. The van der Waals surface area contributed by atoms with Crippen molar-refractivity contribution < 1.29 is 33.6 Å². The summed E-state index contributed by atoms with van der Waals surface area (Å²) < 4.78 is 23.4. The number of aliphatic hydroxyl groups is 1. The quantitative estimate of drug-likeness (QED) is 0.522. The van der Waals surface area contributed by atoms with Gasteiger partial charge in [-0.1, -0.05) is 6.07 Å². The van der Waals surface area contributed by atoms with Crippen molar-refractivity contribution in [3.63, 3.8) is 0 Å². The van der Waals surface area contributed by atoms with Gasteiger partial charge in [0.1, 0.15) is 31.2 Å². The molecule has 0 spiro atoms. The van der Waals surface area contributed by atoms with E-state index in [1.165, 1.54) is 31.4 Å². The number of rotatable bonds is 8. The number of nitrogens with two attached hydrogens (primary N) is 1. The zero-order chi connectivity index (χ0) is 21.0. The fourth-order valence-electron chi connectivity index (χ4n) is 3.08. The zero-order valence-corrected chi connectivity index (χ0v) is 15.8. The number of amides is 1. The molecule has 3 N–H and O–H groups in total. The summed E-state index contributed by atoms with van der Waals surface area (Å²) in [4.78, 5) is 31.4. The predicted octanol–water partition coefficient (Wildman–Crippen LogP) is -0.951. The summed E-state index contributed by atoms with van der Waals surface area (Å²) in [5.41, 5.74) is 5.55. The van der Waals surface area contributed by atoms with E-state index in [0.717, 1.165) is 0 Å². The molecule has 2 unspecified atom stereocenters. The molecule has 1 fully saturated rings. The van der Waals surface area contributed by atoms with Gasteiger partial charge in [-0.15, -0.1) is 5.10 Å². The van der Waals surface area contributed by atoms with Gasteiger partial charge >= 0.3 is 5.97 Å². The molecule has 0 radical (unpaired) electrons. The van der Waals surface area contributed by atoms with Crippen molar-refractivity contribution in [3.8, 4) is 0 Å². The van der Waals surface area contributed by atoms with Gasteiger partial charge in [0.15, 0.2) is 11.9 Å². The first-order chi connectivity index (χ1) is 14.0. The number of primary amides is 1. The molecule has 1 saturated heterocycles. The summed E-state index contributed by atoms with van der Waals surface area (Å²) in [5.74, 6) is -1.65. The van der Waals surface area contributed by atoms with Gasteiger partial charge in [-0.2, -0.15) is 0 Å². The molecule has 3 rings (SSSR count). The number of aromatic nitrogens is 4. The van der Waals surface area contributed by atoms with Gasteiger partial charge in [-0.25, -0.2) is 19.4 Å². The topological polar surface area (TPSA) is 161 Å². The Bertz CT molecular complexity index is 873. The van der Waals surface area contributed by atoms with Crippen molar-refractivity contribution >= 4 is 11.9 Å². The third-order valence-electron chi connectivity index (χ3n) is 4.45. The summed E-state index contributed by atoms with van der Waals surface area (Å²) in [6.07, 6.45) is 0.0319. The smallest absolute Gasteiger partial charge is 0.357 e. The molecule has 4 atom stereocenters. The maximum atomic E-state index is 12.4. The van der Waals surface area contributed by atoms with Crippen LogP contribution in [0.3, 0.4) is 0 Å². The summed E-state index contributed by atoms with van der Waals surface area (Å²) in [7, 11) is 2.94. The molecule has 12 nitrogen and oxygen atoms in total. The number of methoxy groups -OCH3 is 2. The van der Waals surface area contributed by atoms with Crippen LogP contribution in [0.4, 0.5) is 0 Å². The fraction of sp³-hybridized carbons (Fsp3) is 0.471. The number of nitrogens with zero attached hydrogens (tertiary/aromatic N) is 4. The van der Waals surface area contributed by atoms with E-state index in [4.69, 9.17) is 24.7 Å². The van der Waals surface area contributed by atoms with Gasteiger partial charge in [0.2, 0.25) is 5.82 Å². The summed E-state index contributed by atoms with van der Waals surface area (Å²) in [5, 5.41) is 13.3. The molecular weight excluding hydrogens is 386 g/mol. The molecule has 2 aromatic heterocycles. The van der Waals surface area contributed by atoms with Crippen LogP contribution in [0.2, 0.25) is 0 Å². The first-order valence-corrected chi connectivity index (χ1v) is 8.64. The number of hydrogen-bond donors (Lipinski definition) is 2. The largest absolute Gasteiger partial charge is 0.458 e. The Morgan fingerprint density at radius 3 is 2.66 bits per heavy atom. The minimum atomic E-state index is -0.780. The van der Waals surface area contributed by atoms with Crippen LogP contribution in [0.15, 0.2) is 24.7 Å². The summed E-state index contributed by atoms with van der Waals surface area (Å²) >= 11 is 0. The van der Waals surface area contributed by atoms with Gasteiger partial charge in [-0.05, 0) is 6.07 Å². The zero-order valence-electron chi connectivity index (χ0n) is 15.8. The van der Waals surface area contributed by atoms with E-state index < -0.39 is 36.4 Å². The Hall–Kier alpha value is -2.93. The van der Waals surface area contributed by atoms with Crippen molar-refractivity contribution in [2.24, 2.45) is 5.73 Å². The molecule has 1 amide bonds. The lowest BCUT2D eigenvalue weighted by atomic mass is 10.1. The van der Waals surface area contributed by atoms with Gasteiger partial charge < -0.3 is 29.8 Å². The van der Waals surface area contributed by atoms with Gasteiger partial charge in [0, 0.05) is 26.0 Å². The molecular formula is C17H21N5O7. The lowest BCUT2D eigenvalue weighted by Crippen LogP contribution is -2.37. The second-order valence-electron chi connectivity index (χ2n) is 6.15. The molecule has 3 heterocycles. The third kappa shape index (κ3) is 4.24. The van der Waals surface area contributed by atoms with Crippen LogP contribution in [0.1, 0.15) is 32.9 Å². The number of pyridine rings is 1. The molecule has 1 aliphatic rings. The minimum absolute atomic E-state index is 0.0178. The highest BCUT2D eigenvalue weighted by molar-refractivity contribution is 5.89. The molecule has 0 aliphatic carbocycles. The molecule has 29 heavy (non-hydrogen) atoms. The van der Waals surface area contributed by atoms with Crippen LogP contribution in [0.5, 0.6) is 0 Å². The molecule has 0 aromatic carbocycles. The number of carbonyl (C=O) groups excluding carboxylic acids is 2. The van der Waals surface area contributed by atoms with E-state index in [1.807, 2.05) is 0 Å². The van der Waals surface area contributed by atoms with Crippen LogP contribution in [0.25, 0.3) is 0 Å². The summed E-state index contributed by atoms with van der Waals surface area (Å²) in [6, 6.07) is 3.18. The van der Waals surface area contributed by atoms with Crippen LogP contribution in [-0.4, -0.2) is 75.9 Å². The highest BCUT2D eigenvalue weighted by Gasteiger charge is 2.47. The number of carbonyl (C=O) groups is 2. The summed E-state index contributed by atoms with van der Waals surface area (Å²) in [6.45, 7) is -0.506. The monoisotopic (exact) mass is 407 g/mol. The predicted molar refractivity (Wildman–Crippen MR) is 94.5 cm³/mol. The Balaban J connectivity index is 1.73. The third-order valence-corrected chi connectivity index (χ3v) is 4.45. The lowest BCUT2D eigenvalue weighted by molar-refractivity contribution is -0.0695. The van der Waals surface area contributed by atoms with Crippen LogP contribution >= 0.6 is 0 Å². The second-order valence-corrected chi connectivity index (χ2v) is 6.15. The van der Waals surface area contributed by atoms with Gasteiger partial charge in [0.25, 0.3) is 5.91 Å².